The van der Waals surface area contributed by atoms with Gasteiger partial charge in [0.2, 0.25) is 0 Å². The molecule has 1 unspecified atom stereocenters. The van der Waals surface area contributed by atoms with E-state index in [1.165, 1.54) is 0 Å². The van der Waals surface area contributed by atoms with Gasteiger partial charge < -0.3 is 14.6 Å². The largest absolute Gasteiger partial charge is 0.598 e. The van der Waals surface area contributed by atoms with E-state index >= 15 is 0 Å². The zero-order valence-corrected chi connectivity index (χ0v) is 15.0. The zero-order chi connectivity index (χ0) is 17.1. The van der Waals surface area contributed by atoms with Crippen molar-refractivity contribution < 1.29 is 14.1 Å². The summed E-state index contributed by atoms with van der Waals surface area (Å²) in [6.45, 7) is 7.96. The van der Waals surface area contributed by atoms with E-state index < -0.39 is 17.5 Å². The van der Waals surface area contributed by atoms with Crippen molar-refractivity contribution in [2.24, 2.45) is 0 Å². The van der Waals surface area contributed by atoms with Crippen LogP contribution in [0.25, 0.3) is 0 Å². The molecule has 1 fully saturated rings. The van der Waals surface area contributed by atoms with Crippen LogP contribution in [0.1, 0.15) is 46.1 Å². The van der Waals surface area contributed by atoms with E-state index in [0.717, 1.165) is 18.4 Å². The molecule has 0 spiro atoms. The summed E-state index contributed by atoms with van der Waals surface area (Å²) in [7, 11) is 0. The Morgan fingerprint density at radius 2 is 1.96 bits per heavy atom. The third-order valence-corrected chi connectivity index (χ3v) is 5.70. The first-order valence-electron chi connectivity index (χ1n) is 7.90. The molecule has 2 N–H and O–H groups in total. The molecule has 2 rings (SSSR count). The summed E-state index contributed by atoms with van der Waals surface area (Å²) < 4.78 is 20.2. The van der Waals surface area contributed by atoms with Crippen LogP contribution in [-0.2, 0) is 22.7 Å². The molecule has 1 saturated carbocycles. The van der Waals surface area contributed by atoms with E-state index in [-0.39, 0.29) is 22.9 Å². The molecule has 0 heterocycles. The molecule has 1 aliphatic carbocycles. The van der Waals surface area contributed by atoms with Crippen LogP contribution in [0.2, 0.25) is 0 Å². The number of alkyl carbamates (subject to hydrolysis) is 1. The van der Waals surface area contributed by atoms with E-state index in [1.54, 1.807) is 0 Å². The minimum Gasteiger partial charge on any atom is -0.598 e. The van der Waals surface area contributed by atoms with Gasteiger partial charge >= 0.3 is 6.09 Å². The van der Waals surface area contributed by atoms with E-state index in [1.807, 2.05) is 58.0 Å². The van der Waals surface area contributed by atoms with E-state index in [2.05, 4.69) is 10.0 Å². The van der Waals surface area contributed by atoms with Crippen molar-refractivity contribution in [3.05, 3.63) is 35.9 Å². The maximum atomic E-state index is 12.2. The van der Waals surface area contributed by atoms with Gasteiger partial charge in [0.15, 0.2) is 0 Å². The molecule has 1 amide bonds. The average molecular weight is 338 g/mol. The highest BCUT2D eigenvalue weighted by atomic mass is 32.2. The van der Waals surface area contributed by atoms with Crippen molar-refractivity contribution in [1.29, 1.82) is 0 Å². The third-order valence-electron chi connectivity index (χ3n) is 4.02. The molecule has 0 bridgehead atoms. The van der Waals surface area contributed by atoms with Crippen LogP contribution >= 0.6 is 0 Å². The minimum atomic E-state index is -1.16. The number of ether oxygens (including phenoxy) is 1. The summed E-state index contributed by atoms with van der Waals surface area (Å²) in [5.41, 5.74) is 0.599. The first-order valence-corrected chi connectivity index (χ1v) is 9.05. The fourth-order valence-electron chi connectivity index (χ4n) is 2.21. The quantitative estimate of drug-likeness (QED) is 0.782. The van der Waals surface area contributed by atoms with E-state index in [0.29, 0.717) is 0 Å². The SMILES string of the molecule is C[C@H](N[S+]([O-])C(C)(C)C)C1(NC(=O)OCc2ccccc2)CC1. The Labute approximate surface area is 141 Å². The van der Waals surface area contributed by atoms with Crippen molar-refractivity contribution >= 4 is 17.5 Å². The molecule has 1 aromatic carbocycles. The van der Waals surface area contributed by atoms with Crippen molar-refractivity contribution in [1.82, 2.24) is 10.0 Å². The second-order valence-corrected chi connectivity index (χ2v) is 9.06. The fraction of sp³-hybridized carbons (Fsp3) is 0.588. The van der Waals surface area contributed by atoms with Crippen molar-refractivity contribution in [3.63, 3.8) is 0 Å². The highest BCUT2D eigenvalue weighted by Crippen LogP contribution is 2.39. The normalized spacial score (nSPS) is 18.8. The average Bonchev–Trinajstić information content (AvgIpc) is 3.26. The molecular weight excluding hydrogens is 312 g/mol. The number of hydrogen-bond acceptors (Lipinski definition) is 4. The molecule has 0 saturated heterocycles. The number of rotatable bonds is 6. The van der Waals surface area contributed by atoms with Gasteiger partial charge in [-0.15, -0.1) is 4.72 Å². The third kappa shape index (κ3) is 5.12. The number of benzene rings is 1. The van der Waals surface area contributed by atoms with Gasteiger partial charge in [0.25, 0.3) is 0 Å². The van der Waals surface area contributed by atoms with Crippen LogP contribution in [-0.4, -0.2) is 27.0 Å². The summed E-state index contributed by atoms with van der Waals surface area (Å²) in [6, 6.07) is 9.49. The molecular formula is C17H26N2O3S. The standard InChI is InChI=1S/C17H26N2O3S/c1-13(19-23(21)16(2,3)4)17(10-11-17)18-15(20)22-12-14-8-6-5-7-9-14/h5-9,13,19H,10-12H2,1-4H3,(H,18,20)/t13-,23?/m0/s1. The molecule has 1 aliphatic rings. The number of amides is 1. The predicted molar refractivity (Wildman–Crippen MR) is 92.2 cm³/mol. The van der Waals surface area contributed by atoms with E-state index in [4.69, 9.17) is 4.74 Å². The van der Waals surface area contributed by atoms with Crippen LogP contribution in [0, 0.1) is 0 Å². The lowest BCUT2D eigenvalue weighted by Gasteiger charge is -2.30. The molecule has 2 atom stereocenters. The van der Waals surface area contributed by atoms with Crippen LogP contribution in [0.15, 0.2) is 30.3 Å². The monoisotopic (exact) mass is 338 g/mol. The first-order chi connectivity index (χ1) is 10.7. The molecule has 23 heavy (non-hydrogen) atoms. The van der Waals surface area contributed by atoms with Gasteiger partial charge in [0.05, 0.1) is 11.6 Å². The Morgan fingerprint density at radius 1 is 1.35 bits per heavy atom. The lowest BCUT2D eigenvalue weighted by Crippen LogP contribution is -2.55. The molecule has 128 valence electrons. The Hall–Kier alpha value is -1.24. The van der Waals surface area contributed by atoms with Gasteiger partial charge in [0, 0.05) is 11.4 Å². The zero-order valence-electron chi connectivity index (χ0n) is 14.2. The Balaban J connectivity index is 1.82. The van der Waals surface area contributed by atoms with Gasteiger partial charge in [0.1, 0.15) is 11.4 Å². The lowest BCUT2D eigenvalue weighted by atomic mass is 10.1. The Morgan fingerprint density at radius 3 is 2.48 bits per heavy atom. The molecule has 6 heteroatoms. The number of nitrogens with one attached hydrogen (secondary N) is 2. The summed E-state index contributed by atoms with van der Waals surface area (Å²) in [5.74, 6) is 0. The highest BCUT2D eigenvalue weighted by Gasteiger charge is 2.51. The van der Waals surface area contributed by atoms with Crippen LogP contribution in [0.4, 0.5) is 4.79 Å². The van der Waals surface area contributed by atoms with Crippen molar-refractivity contribution in [2.45, 2.75) is 63.5 Å². The van der Waals surface area contributed by atoms with Crippen molar-refractivity contribution in [2.75, 3.05) is 0 Å². The second-order valence-electron chi connectivity index (χ2n) is 7.06. The summed E-state index contributed by atoms with van der Waals surface area (Å²) in [4.78, 5) is 12.0. The van der Waals surface area contributed by atoms with Gasteiger partial charge in [-0.05, 0) is 46.1 Å². The topological polar surface area (TPSA) is 73.4 Å². The van der Waals surface area contributed by atoms with E-state index in [9.17, 15) is 9.35 Å². The van der Waals surface area contributed by atoms with Gasteiger partial charge in [-0.3, -0.25) is 0 Å². The van der Waals surface area contributed by atoms with Crippen molar-refractivity contribution in [3.8, 4) is 0 Å². The summed E-state index contributed by atoms with van der Waals surface area (Å²) in [6.07, 6.45) is 1.30. The Bertz CT molecular complexity index is 526. The molecule has 0 radical (unpaired) electrons. The fourth-order valence-corrected chi connectivity index (χ4v) is 3.11. The maximum Gasteiger partial charge on any atom is 0.407 e. The molecule has 1 aromatic rings. The molecule has 0 aromatic heterocycles. The van der Waals surface area contributed by atoms with Gasteiger partial charge in [-0.25, -0.2) is 4.79 Å². The number of carbonyl (C=O) groups excluding carboxylic acids is 1. The molecule has 0 aliphatic heterocycles. The summed E-state index contributed by atoms with van der Waals surface area (Å²) in [5, 5.41) is 2.94. The van der Waals surface area contributed by atoms with Gasteiger partial charge in [-0.1, -0.05) is 30.3 Å². The first kappa shape index (κ1) is 18.1. The van der Waals surface area contributed by atoms with Gasteiger partial charge in [-0.2, -0.15) is 0 Å². The lowest BCUT2D eigenvalue weighted by molar-refractivity contribution is 0.132. The number of carbonyl (C=O) groups is 1. The number of hydrogen-bond donors (Lipinski definition) is 2. The summed E-state index contributed by atoms with van der Waals surface area (Å²) >= 11 is -1.16. The molecule has 5 nitrogen and oxygen atoms in total. The van der Waals surface area contributed by atoms with Crippen LogP contribution < -0.4 is 10.0 Å². The second kappa shape index (κ2) is 7.11. The Kier molecular flexibility index (Phi) is 5.60. The highest BCUT2D eigenvalue weighted by molar-refractivity contribution is 7.90. The smallest absolute Gasteiger partial charge is 0.407 e. The maximum absolute atomic E-state index is 12.2. The van der Waals surface area contributed by atoms with Crippen LogP contribution in [0.3, 0.4) is 0 Å². The van der Waals surface area contributed by atoms with Crippen LogP contribution in [0.5, 0.6) is 0 Å². The minimum absolute atomic E-state index is 0.0770. The predicted octanol–water partition coefficient (Wildman–Crippen LogP) is 2.89.